The molecule has 0 saturated heterocycles. The highest BCUT2D eigenvalue weighted by Crippen LogP contribution is 2.27. The van der Waals surface area contributed by atoms with Crippen molar-refractivity contribution in [3.63, 3.8) is 0 Å². The van der Waals surface area contributed by atoms with E-state index in [1.807, 2.05) is 24.9 Å². The van der Waals surface area contributed by atoms with Gasteiger partial charge in [-0.1, -0.05) is 6.92 Å². The third-order valence-electron chi connectivity index (χ3n) is 2.77. The number of rotatable bonds is 6. The van der Waals surface area contributed by atoms with E-state index in [0.717, 1.165) is 29.0 Å². The maximum Gasteiger partial charge on any atom is 0.225 e. The van der Waals surface area contributed by atoms with Gasteiger partial charge >= 0.3 is 0 Å². The zero-order chi connectivity index (χ0) is 13.0. The third kappa shape index (κ3) is 3.05. The maximum atomic E-state index is 4.48. The van der Waals surface area contributed by atoms with Gasteiger partial charge in [0.2, 0.25) is 5.95 Å². The standard InChI is InChI=1S/C12H18N4S2/c1-8(17-3)4-6-14-11-10-9(5-7-18-10)15-12(13-2)16-11/h5,7-8H,4,6H2,1-3H3,(H2,13,14,15,16). The van der Waals surface area contributed by atoms with Crippen molar-refractivity contribution in [1.82, 2.24) is 9.97 Å². The third-order valence-corrected chi connectivity index (χ3v) is 4.72. The summed E-state index contributed by atoms with van der Waals surface area (Å²) in [4.78, 5) is 8.90. The number of nitrogens with zero attached hydrogens (tertiary/aromatic N) is 2. The van der Waals surface area contributed by atoms with Gasteiger partial charge in [-0.2, -0.15) is 16.7 Å². The first-order valence-electron chi connectivity index (χ1n) is 5.94. The number of hydrogen-bond donors (Lipinski definition) is 2. The molecule has 4 nitrogen and oxygen atoms in total. The normalized spacial score (nSPS) is 12.6. The van der Waals surface area contributed by atoms with E-state index in [1.54, 1.807) is 11.3 Å². The Morgan fingerprint density at radius 1 is 1.44 bits per heavy atom. The van der Waals surface area contributed by atoms with Crippen LogP contribution in [0.2, 0.25) is 0 Å². The molecule has 0 radical (unpaired) electrons. The smallest absolute Gasteiger partial charge is 0.225 e. The monoisotopic (exact) mass is 282 g/mol. The van der Waals surface area contributed by atoms with Crippen molar-refractivity contribution in [1.29, 1.82) is 0 Å². The van der Waals surface area contributed by atoms with Crippen LogP contribution in [0.1, 0.15) is 13.3 Å². The molecule has 0 amide bonds. The zero-order valence-corrected chi connectivity index (χ0v) is 12.5. The van der Waals surface area contributed by atoms with E-state index in [-0.39, 0.29) is 0 Å². The van der Waals surface area contributed by atoms with E-state index in [9.17, 15) is 0 Å². The lowest BCUT2D eigenvalue weighted by molar-refractivity contribution is 0.851. The Morgan fingerprint density at radius 2 is 2.28 bits per heavy atom. The van der Waals surface area contributed by atoms with Crippen LogP contribution in [-0.2, 0) is 0 Å². The van der Waals surface area contributed by atoms with Crippen LogP contribution in [0.25, 0.3) is 10.2 Å². The minimum absolute atomic E-state index is 0.668. The lowest BCUT2D eigenvalue weighted by Crippen LogP contribution is -2.10. The van der Waals surface area contributed by atoms with Crippen LogP contribution in [-0.4, -0.2) is 35.1 Å². The molecular formula is C12H18N4S2. The molecule has 2 heterocycles. The average molecular weight is 282 g/mol. The lowest BCUT2D eigenvalue weighted by atomic mass is 10.3. The molecule has 2 aromatic heterocycles. The van der Waals surface area contributed by atoms with Gasteiger partial charge < -0.3 is 10.6 Å². The lowest BCUT2D eigenvalue weighted by Gasteiger charge is -2.11. The highest BCUT2D eigenvalue weighted by Gasteiger charge is 2.08. The van der Waals surface area contributed by atoms with Crippen LogP contribution in [0, 0.1) is 0 Å². The van der Waals surface area contributed by atoms with E-state index >= 15 is 0 Å². The molecule has 0 saturated carbocycles. The van der Waals surface area contributed by atoms with Gasteiger partial charge in [0.15, 0.2) is 0 Å². The largest absolute Gasteiger partial charge is 0.369 e. The first-order chi connectivity index (χ1) is 8.74. The summed E-state index contributed by atoms with van der Waals surface area (Å²) in [5, 5.41) is 9.14. The fraction of sp³-hybridized carbons (Fsp3) is 0.500. The van der Waals surface area contributed by atoms with Gasteiger partial charge in [-0.3, -0.25) is 0 Å². The molecule has 2 N–H and O–H groups in total. The van der Waals surface area contributed by atoms with Gasteiger partial charge in [0.05, 0.1) is 10.2 Å². The number of nitrogens with one attached hydrogen (secondary N) is 2. The van der Waals surface area contributed by atoms with Crippen molar-refractivity contribution in [3.05, 3.63) is 11.4 Å². The number of thiophene rings is 1. The van der Waals surface area contributed by atoms with Crippen LogP contribution in [0.4, 0.5) is 11.8 Å². The molecule has 0 aliphatic carbocycles. The summed E-state index contributed by atoms with van der Waals surface area (Å²) in [5.74, 6) is 1.61. The second kappa shape index (κ2) is 6.24. The first-order valence-corrected chi connectivity index (χ1v) is 8.11. The van der Waals surface area contributed by atoms with E-state index in [0.29, 0.717) is 11.2 Å². The van der Waals surface area contributed by atoms with Crippen molar-refractivity contribution >= 4 is 45.1 Å². The Kier molecular flexibility index (Phi) is 4.66. The molecule has 0 aromatic carbocycles. The summed E-state index contributed by atoms with van der Waals surface area (Å²) in [7, 11) is 1.84. The van der Waals surface area contributed by atoms with Gasteiger partial charge in [-0.15, -0.1) is 11.3 Å². The van der Waals surface area contributed by atoms with Gasteiger partial charge in [-0.05, 0) is 24.1 Å². The molecule has 1 atom stereocenters. The summed E-state index contributed by atoms with van der Waals surface area (Å²) in [6.45, 7) is 3.18. The predicted octanol–water partition coefficient (Wildman–Crippen LogP) is 3.29. The quantitative estimate of drug-likeness (QED) is 0.851. The highest BCUT2D eigenvalue weighted by atomic mass is 32.2. The fourth-order valence-corrected chi connectivity index (χ4v) is 2.76. The second-order valence-electron chi connectivity index (χ2n) is 4.04. The SMILES string of the molecule is CNc1nc(NCCC(C)SC)c2sccc2n1. The Morgan fingerprint density at radius 3 is 3.00 bits per heavy atom. The number of thioether (sulfide) groups is 1. The molecule has 0 spiro atoms. The fourth-order valence-electron chi connectivity index (χ4n) is 1.61. The van der Waals surface area contributed by atoms with Gasteiger partial charge in [-0.25, -0.2) is 4.98 Å². The molecule has 0 aliphatic rings. The molecule has 0 bridgehead atoms. The van der Waals surface area contributed by atoms with Crippen LogP contribution in [0.5, 0.6) is 0 Å². The van der Waals surface area contributed by atoms with Crippen molar-refractivity contribution in [2.75, 3.05) is 30.5 Å². The molecule has 0 fully saturated rings. The zero-order valence-electron chi connectivity index (χ0n) is 10.9. The topological polar surface area (TPSA) is 49.8 Å². The van der Waals surface area contributed by atoms with E-state index in [2.05, 4.69) is 39.2 Å². The van der Waals surface area contributed by atoms with E-state index in [1.165, 1.54) is 0 Å². The van der Waals surface area contributed by atoms with E-state index in [4.69, 9.17) is 0 Å². The number of fused-ring (bicyclic) bond motifs is 1. The molecule has 6 heteroatoms. The molecule has 2 aromatic rings. The van der Waals surface area contributed by atoms with Crippen molar-refractivity contribution in [2.45, 2.75) is 18.6 Å². The van der Waals surface area contributed by atoms with Gasteiger partial charge in [0.25, 0.3) is 0 Å². The first kappa shape index (κ1) is 13.4. The van der Waals surface area contributed by atoms with Gasteiger partial charge in [0.1, 0.15) is 5.82 Å². The summed E-state index contributed by atoms with van der Waals surface area (Å²) in [5.41, 5.74) is 1.000. The Balaban J connectivity index is 2.13. The molecule has 18 heavy (non-hydrogen) atoms. The summed E-state index contributed by atoms with van der Waals surface area (Å²) in [6.07, 6.45) is 3.28. The summed E-state index contributed by atoms with van der Waals surface area (Å²) < 4.78 is 1.13. The minimum atomic E-state index is 0.668. The molecular weight excluding hydrogens is 264 g/mol. The number of aromatic nitrogens is 2. The molecule has 1 unspecified atom stereocenters. The second-order valence-corrected chi connectivity index (χ2v) is 6.23. The van der Waals surface area contributed by atoms with Gasteiger partial charge in [0, 0.05) is 18.8 Å². The summed E-state index contributed by atoms with van der Waals surface area (Å²) in [6, 6.07) is 2.03. The minimum Gasteiger partial charge on any atom is -0.369 e. The van der Waals surface area contributed by atoms with Crippen molar-refractivity contribution in [2.24, 2.45) is 0 Å². The number of hydrogen-bond acceptors (Lipinski definition) is 6. The van der Waals surface area contributed by atoms with Crippen LogP contribution in [0.15, 0.2) is 11.4 Å². The van der Waals surface area contributed by atoms with Crippen molar-refractivity contribution < 1.29 is 0 Å². The Hall–Kier alpha value is -1.01. The van der Waals surface area contributed by atoms with Crippen LogP contribution < -0.4 is 10.6 Å². The Labute approximate surface area is 116 Å². The highest BCUT2D eigenvalue weighted by molar-refractivity contribution is 7.99. The van der Waals surface area contributed by atoms with Crippen molar-refractivity contribution in [3.8, 4) is 0 Å². The average Bonchev–Trinajstić information content (AvgIpc) is 2.86. The Bertz CT molecular complexity index is 512. The maximum absolute atomic E-state index is 4.48. The molecule has 2 rings (SSSR count). The molecule has 98 valence electrons. The predicted molar refractivity (Wildman–Crippen MR) is 83.0 cm³/mol. The van der Waals surface area contributed by atoms with E-state index < -0.39 is 0 Å². The van der Waals surface area contributed by atoms with Crippen LogP contribution >= 0.6 is 23.1 Å². The molecule has 0 aliphatic heterocycles. The number of anilines is 2. The summed E-state index contributed by atoms with van der Waals surface area (Å²) >= 11 is 3.57. The van der Waals surface area contributed by atoms with Crippen LogP contribution in [0.3, 0.4) is 0 Å².